The van der Waals surface area contributed by atoms with E-state index in [1.165, 1.54) is 17.4 Å². The Kier molecular flexibility index (Phi) is 6.67. The summed E-state index contributed by atoms with van der Waals surface area (Å²) in [5, 5.41) is 14.4. The molecule has 2 amide bonds. The number of rotatable bonds is 6. The molecule has 0 saturated heterocycles. The zero-order valence-corrected chi connectivity index (χ0v) is 17.8. The van der Waals surface area contributed by atoms with Gasteiger partial charge in [0.15, 0.2) is 0 Å². The van der Waals surface area contributed by atoms with Crippen LogP contribution in [0.2, 0.25) is 0 Å². The molecule has 0 bridgehead atoms. The molecule has 0 fully saturated rings. The number of aryl methyl sites for hydroxylation is 2. The molecule has 5 nitrogen and oxygen atoms in total. The zero-order valence-electron chi connectivity index (χ0n) is 17.0. The van der Waals surface area contributed by atoms with Crippen LogP contribution in [0.3, 0.4) is 0 Å². The van der Waals surface area contributed by atoms with Crippen molar-refractivity contribution in [2.75, 3.05) is 10.6 Å². The van der Waals surface area contributed by atoms with E-state index in [4.69, 9.17) is 0 Å². The number of carboxylic acids is 1. The van der Waals surface area contributed by atoms with Gasteiger partial charge in [0, 0.05) is 10.6 Å². The summed E-state index contributed by atoms with van der Waals surface area (Å²) in [6, 6.07) is 12.6. The molecule has 0 atom stereocenters. The van der Waals surface area contributed by atoms with Gasteiger partial charge in [-0.25, -0.2) is 14.0 Å². The molecule has 1 heterocycles. The summed E-state index contributed by atoms with van der Waals surface area (Å²) in [7, 11) is 0. The van der Waals surface area contributed by atoms with E-state index in [2.05, 4.69) is 17.2 Å². The predicted octanol–water partition coefficient (Wildman–Crippen LogP) is 6.46. The number of halogens is 1. The van der Waals surface area contributed by atoms with Crippen molar-refractivity contribution in [2.24, 2.45) is 0 Å². The molecule has 0 unspecified atom stereocenters. The van der Waals surface area contributed by atoms with Gasteiger partial charge in [0.2, 0.25) is 0 Å². The van der Waals surface area contributed by atoms with Gasteiger partial charge in [-0.05, 0) is 66.4 Å². The van der Waals surface area contributed by atoms with Crippen LogP contribution < -0.4 is 10.6 Å². The van der Waals surface area contributed by atoms with Crippen molar-refractivity contribution >= 4 is 40.3 Å². The minimum Gasteiger partial charge on any atom is -0.477 e. The minimum absolute atomic E-state index is 0.104. The van der Waals surface area contributed by atoms with E-state index in [0.29, 0.717) is 5.69 Å². The number of amides is 2. The number of carbonyl (C=O) groups is 2. The van der Waals surface area contributed by atoms with E-state index >= 15 is 0 Å². The Morgan fingerprint density at radius 3 is 2.39 bits per heavy atom. The smallest absolute Gasteiger partial charge is 0.345 e. The van der Waals surface area contributed by atoms with Crippen LogP contribution >= 0.6 is 11.3 Å². The van der Waals surface area contributed by atoms with Gasteiger partial charge in [-0.1, -0.05) is 36.9 Å². The van der Waals surface area contributed by atoms with Crippen molar-refractivity contribution in [2.45, 2.75) is 13.8 Å². The number of aromatic carboxylic acids is 1. The van der Waals surface area contributed by atoms with Crippen LogP contribution in [0.5, 0.6) is 0 Å². The molecule has 3 aromatic rings. The highest BCUT2D eigenvalue weighted by Gasteiger charge is 2.16. The van der Waals surface area contributed by atoms with Gasteiger partial charge in [0.1, 0.15) is 10.7 Å². The van der Waals surface area contributed by atoms with Gasteiger partial charge in [-0.15, -0.1) is 11.3 Å². The van der Waals surface area contributed by atoms with Crippen molar-refractivity contribution in [3.63, 3.8) is 0 Å². The molecule has 0 aliphatic heterocycles. The molecule has 7 heteroatoms. The maximum Gasteiger partial charge on any atom is 0.345 e. The monoisotopic (exact) mass is 436 g/mol. The Morgan fingerprint density at radius 1 is 1.06 bits per heavy atom. The number of nitrogens with one attached hydrogen (secondary N) is 2. The number of hydrogen-bond donors (Lipinski definition) is 3. The molecular formula is C24H21FN2O3S. The third kappa shape index (κ3) is 5.26. The molecule has 2 aromatic carbocycles. The third-order valence-electron chi connectivity index (χ3n) is 4.48. The maximum atomic E-state index is 13.8. The number of hydrogen-bond acceptors (Lipinski definition) is 3. The predicted molar refractivity (Wildman–Crippen MR) is 124 cm³/mol. The Labute approximate surface area is 183 Å². The van der Waals surface area contributed by atoms with Crippen molar-refractivity contribution < 1.29 is 19.1 Å². The Hall–Kier alpha value is -3.71. The molecule has 0 radical (unpaired) electrons. The zero-order chi connectivity index (χ0) is 22.5. The molecule has 3 rings (SSSR count). The summed E-state index contributed by atoms with van der Waals surface area (Å²) in [6.45, 7) is 7.42. The normalized spacial score (nSPS) is 11.1. The number of anilines is 2. The highest BCUT2D eigenvalue weighted by atomic mass is 32.1. The number of benzene rings is 2. The Morgan fingerprint density at radius 2 is 1.77 bits per heavy atom. The van der Waals surface area contributed by atoms with Gasteiger partial charge in [-0.2, -0.15) is 0 Å². The number of carbonyl (C=O) groups excluding carboxylic acids is 1. The lowest BCUT2D eigenvalue weighted by Gasteiger charge is -2.11. The minimum atomic E-state index is -0.965. The van der Waals surface area contributed by atoms with Crippen LogP contribution in [0.1, 0.15) is 31.2 Å². The van der Waals surface area contributed by atoms with E-state index in [9.17, 15) is 19.1 Å². The number of thiophene rings is 1. The second-order valence-corrected chi connectivity index (χ2v) is 7.94. The van der Waals surface area contributed by atoms with E-state index in [1.54, 1.807) is 36.4 Å². The fourth-order valence-electron chi connectivity index (χ4n) is 3.03. The standard InChI is InChI=1S/C24H21FN2O3S/c1-4-5-18(22-15(3)13-21(31-22)23(28)29)16-7-9-17(10-8-16)26-24(30)27-20-12-14(2)6-11-19(20)25/h4-13H,1H2,2-3H3,(H,28,29)(H2,26,27,30)/b18-5-. The molecule has 3 N–H and O–H groups in total. The maximum absolute atomic E-state index is 13.8. The van der Waals surface area contributed by atoms with Crippen LogP contribution in [0.4, 0.5) is 20.6 Å². The highest BCUT2D eigenvalue weighted by Crippen LogP contribution is 2.34. The molecule has 0 spiro atoms. The van der Waals surface area contributed by atoms with Gasteiger partial charge in [0.25, 0.3) is 0 Å². The van der Waals surface area contributed by atoms with E-state index in [1.807, 2.05) is 32.1 Å². The fourth-order valence-corrected chi connectivity index (χ4v) is 4.09. The second kappa shape index (κ2) is 9.40. The highest BCUT2D eigenvalue weighted by molar-refractivity contribution is 7.15. The van der Waals surface area contributed by atoms with Gasteiger partial charge >= 0.3 is 12.0 Å². The number of urea groups is 1. The molecule has 0 aliphatic carbocycles. The van der Waals surface area contributed by atoms with Gasteiger partial charge < -0.3 is 15.7 Å². The quantitative estimate of drug-likeness (QED) is 0.388. The van der Waals surface area contributed by atoms with E-state index < -0.39 is 17.8 Å². The largest absolute Gasteiger partial charge is 0.477 e. The summed E-state index contributed by atoms with van der Waals surface area (Å²) in [6.07, 6.45) is 3.46. The average molecular weight is 437 g/mol. The fraction of sp³-hybridized carbons (Fsp3) is 0.0833. The first-order chi connectivity index (χ1) is 14.8. The van der Waals surface area contributed by atoms with Crippen molar-refractivity contribution in [3.8, 4) is 0 Å². The average Bonchev–Trinajstić information content (AvgIpc) is 3.11. The van der Waals surface area contributed by atoms with Crippen LogP contribution in [0.15, 0.2) is 67.3 Å². The van der Waals surface area contributed by atoms with Crippen molar-refractivity contribution in [1.29, 1.82) is 0 Å². The second-order valence-electron chi connectivity index (χ2n) is 6.88. The van der Waals surface area contributed by atoms with Crippen LogP contribution in [-0.4, -0.2) is 17.1 Å². The molecule has 1 aromatic heterocycles. The third-order valence-corrected chi connectivity index (χ3v) is 5.74. The van der Waals surface area contributed by atoms with Crippen molar-refractivity contribution in [1.82, 2.24) is 0 Å². The summed E-state index contributed by atoms with van der Waals surface area (Å²) in [4.78, 5) is 24.6. The van der Waals surface area contributed by atoms with Gasteiger partial charge in [0.05, 0.1) is 5.69 Å². The summed E-state index contributed by atoms with van der Waals surface area (Å²) in [5.41, 5.74) is 4.00. The molecular weight excluding hydrogens is 415 g/mol. The lowest BCUT2D eigenvalue weighted by atomic mass is 10.0. The molecule has 0 saturated carbocycles. The van der Waals surface area contributed by atoms with Crippen LogP contribution in [-0.2, 0) is 0 Å². The lowest BCUT2D eigenvalue weighted by molar-refractivity contribution is 0.0702. The summed E-state index contributed by atoms with van der Waals surface area (Å²) >= 11 is 1.20. The van der Waals surface area contributed by atoms with Gasteiger partial charge in [-0.3, -0.25) is 0 Å². The first-order valence-corrected chi connectivity index (χ1v) is 10.2. The number of carboxylic acid groups (broad SMARTS) is 1. The van der Waals surface area contributed by atoms with Crippen LogP contribution in [0.25, 0.3) is 5.57 Å². The summed E-state index contributed by atoms with van der Waals surface area (Å²) < 4.78 is 13.8. The van der Waals surface area contributed by atoms with Crippen molar-refractivity contribution in [3.05, 3.63) is 99.5 Å². The Balaban J connectivity index is 1.78. The molecule has 31 heavy (non-hydrogen) atoms. The summed E-state index contributed by atoms with van der Waals surface area (Å²) in [5.74, 6) is -1.48. The molecule has 158 valence electrons. The van der Waals surface area contributed by atoms with Crippen LogP contribution in [0, 0.1) is 19.7 Å². The number of allylic oxidation sites excluding steroid dienone is 2. The SMILES string of the molecule is C=C/C=C(/c1ccc(NC(=O)Nc2cc(C)ccc2F)cc1)c1sc(C(=O)O)cc1C. The first kappa shape index (κ1) is 22.0. The molecule has 0 aliphatic rings. The first-order valence-electron chi connectivity index (χ1n) is 9.40. The topological polar surface area (TPSA) is 78.4 Å². The Bertz CT molecular complexity index is 1180. The van der Waals surface area contributed by atoms with E-state index in [-0.39, 0.29) is 10.6 Å². The lowest BCUT2D eigenvalue weighted by Crippen LogP contribution is -2.20. The van der Waals surface area contributed by atoms with E-state index in [0.717, 1.165) is 27.1 Å².